The molecule has 5 heteroatoms. The number of carbonyl (C=O) groups is 2. The maximum absolute atomic E-state index is 13.0. The molecule has 0 aliphatic rings. The van der Waals surface area contributed by atoms with E-state index >= 15 is 0 Å². The summed E-state index contributed by atoms with van der Waals surface area (Å²) >= 11 is 0. The van der Waals surface area contributed by atoms with Crippen LogP contribution in [0.2, 0.25) is 0 Å². The lowest BCUT2D eigenvalue weighted by molar-refractivity contribution is -0.147. The van der Waals surface area contributed by atoms with Crippen molar-refractivity contribution < 1.29 is 18.7 Å². The van der Waals surface area contributed by atoms with Crippen LogP contribution >= 0.6 is 0 Å². The molecule has 4 nitrogen and oxygen atoms in total. The Morgan fingerprint density at radius 3 is 2.65 bits per heavy atom. The highest BCUT2D eigenvalue weighted by molar-refractivity contribution is 5.81. The molecule has 0 atom stereocenters. The smallest absolute Gasteiger partial charge is 0.310 e. The van der Waals surface area contributed by atoms with Gasteiger partial charge in [0.2, 0.25) is 0 Å². The Labute approximate surface area is 134 Å². The summed E-state index contributed by atoms with van der Waals surface area (Å²) in [5, 5.41) is 2.69. The number of rotatable bonds is 6. The number of carbonyl (C=O) groups excluding carboxylic acids is 2. The van der Waals surface area contributed by atoms with E-state index in [1.54, 1.807) is 6.07 Å². The zero-order chi connectivity index (χ0) is 16.7. The van der Waals surface area contributed by atoms with E-state index in [4.69, 9.17) is 4.74 Å². The maximum atomic E-state index is 13.0. The molecule has 0 bridgehead atoms. The molecule has 0 saturated heterocycles. The number of aryl methyl sites for hydroxylation is 1. The number of benzene rings is 2. The lowest BCUT2D eigenvalue weighted by Gasteiger charge is -2.08. The van der Waals surface area contributed by atoms with Crippen LogP contribution in [0.25, 0.3) is 0 Å². The molecule has 0 radical (unpaired) electrons. The van der Waals surface area contributed by atoms with Crippen molar-refractivity contribution in [2.24, 2.45) is 0 Å². The number of ether oxygens (including phenoxy) is 1. The van der Waals surface area contributed by atoms with Crippen LogP contribution in [0.3, 0.4) is 0 Å². The van der Waals surface area contributed by atoms with Gasteiger partial charge < -0.3 is 10.1 Å². The van der Waals surface area contributed by atoms with Crippen molar-refractivity contribution in [3.63, 3.8) is 0 Å². The molecule has 0 aliphatic carbocycles. The summed E-state index contributed by atoms with van der Waals surface area (Å²) in [6, 6.07) is 13.4. The van der Waals surface area contributed by atoms with Crippen molar-refractivity contribution in [1.82, 2.24) is 5.32 Å². The van der Waals surface area contributed by atoms with E-state index in [1.807, 2.05) is 31.2 Å². The lowest BCUT2D eigenvalue weighted by atomic mass is 10.1. The molecule has 2 rings (SSSR count). The Hall–Kier alpha value is -2.69. The molecule has 0 saturated carbocycles. The Kier molecular flexibility index (Phi) is 5.86. The van der Waals surface area contributed by atoms with Crippen LogP contribution in [0.15, 0.2) is 48.5 Å². The number of halogens is 1. The summed E-state index contributed by atoms with van der Waals surface area (Å²) in [5.74, 6) is -1.35. The van der Waals surface area contributed by atoms with Crippen molar-refractivity contribution in [2.75, 3.05) is 6.61 Å². The number of nitrogens with one attached hydrogen (secondary N) is 1. The molecule has 2 aromatic rings. The van der Waals surface area contributed by atoms with E-state index in [0.717, 1.165) is 11.1 Å². The Morgan fingerprint density at radius 2 is 1.91 bits per heavy atom. The predicted molar refractivity (Wildman–Crippen MR) is 84.1 cm³/mol. The second kappa shape index (κ2) is 8.08. The van der Waals surface area contributed by atoms with Gasteiger partial charge in [0.05, 0.1) is 6.42 Å². The van der Waals surface area contributed by atoms with E-state index in [2.05, 4.69) is 5.32 Å². The SMILES string of the molecule is Cc1ccccc1CNC(=O)COC(=O)Cc1cccc(F)c1. The molecule has 1 N–H and O–H groups in total. The molecule has 0 aromatic heterocycles. The molecule has 120 valence electrons. The van der Waals surface area contributed by atoms with Crippen molar-refractivity contribution in [2.45, 2.75) is 19.9 Å². The van der Waals surface area contributed by atoms with Gasteiger partial charge in [-0.05, 0) is 35.7 Å². The van der Waals surface area contributed by atoms with E-state index in [9.17, 15) is 14.0 Å². The topological polar surface area (TPSA) is 55.4 Å². The fourth-order valence-electron chi connectivity index (χ4n) is 2.06. The quantitative estimate of drug-likeness (QED) is 0.834. The van der Waals surface area contributed by atoms with Gasteiger partial charge in [0.25, 0.3) is 5.91 Å². The van der Waals surface area contributed by atoms with E-state index in [1.165, 1.54) is 18.2 Å². The third kappa shape index (κ3) is 5.54. The second-order valence-electron chi connectivity index (χ2n) is 5.17. The summed E-state index contributed by atoms with van der Waals surface area (Å²) in [6.45, 7) is 1.99. The van der Waals surface area contributed by atoms with Gasteiger partial charge in [-0.2, -0.15) is 0 Å². The molecule has 0 fully saturated rings. The van der Waals surface area contributed by atoms with Gasteiger partial charge in [-0.25, -0.2) is 4.39 Å². The number of esters is 1. The van der Waals surface area contributed by atoms with Crippen LogP contribution < -0.4 is 5.32 Å². The minimum absolute atomic E-state index is 0.0666. The van der Waals surface area contributed by atoms with Crippen LogP contribution in [0, 0.1) is 12.7 Å². The highest BCUT2D eigenvalue weighted by Crippen LogP contribution is 2.06. The van der Waals surface area contributed by atoms with Crippen molar-refractivity contribution in [3.8, 4) is 0 Å². The van der Waals surface area contributed by atoms with E-state index in [0.29, 0.717) is 12.1 Å². The minimum Gasteiger partial charge on any atom is -0.455 e. The van der Waals surface area contributed by atoms with Crippen LogP contribution in [-0.4, -0.2) is 18.5 Å². The average Bonchev–Trinajstić information content (AvgIpc) is 2.52. The Morgan fingerprint density at radius 1 is 1.13 bits per heavy atom. The fourth-order valence-corrected chi connectivity index (χ4v) is 2.06. The molecule has 0 spiro atoms. The zero-order valence-electron chi connectivity index (χ0n) is 12.8. The monoisotopic (exact) mass is 315 g/mol. The number of hydrogen-bond donors (Lipinski definition) is 1. The Balaban J connectivity index is 1.74. The van der Waals surface area contributed by atoms with Crippen LogP contribution in [0.1, 0.15) is 16.7 Å². The van der Waals surface area contributed by atoms with Gasteiger partial charge in [-0.3, -0.25) is 9.59 Å². The molecular weight excluding hydrogens is 297 g/mol. The zero-order valence-corrected chi connectivity index (χ0v) is 12.8. The summed E-state index contributed by atoms with van der Waals surface area (Å²) in [7, 11) is 0. The third-order valence-corrected chi connectivity index (χ3v) is 3.34. The summed E-state index contributed by atoms with van der Waals surface area (Å²) in [5.41, 5.74) is 2.60. The molecule has 23 heavy (non-hydrogen) atoms. The largest absolute Gasteiger partial charge is 0.455 e. The Bertz CT molecular complexity index is 700. The van der Waals surface area contributed by atoms with Crippen molar-refractivity contribution in [1.29, 1.82) is 0 Å². The molecule has 0 unspecified atom stereocenters. The molecule has 1 amide bonds. The van der Waals surface area contributed by atoms with Gasteiger partial charge in [-0.15, -0.1) is 0 Å². The van der Waals surface area contributed by atoms with E-state index < -0.39 is 11.8 Å². The molecular formula is C18H18FNO3. The minimum atomic E-state index is -0.568. The first kappa shape index (κ1) is 16.7. The van der Waals surface area contributed by atoms with Crippen LogP contribution in [-0.2, 0) is 27.3 Å². The van der Waals surface area contributed by atoms with Gasteiger partial charge in [-0.1, -0.05) is 36.4 Å². The molecule has 2 aromatic carbocycles. The third-order valence-electron chi connectivity index (χ3n) is 3.34. The average molecular weight is 315 g/mol. The maximum Gasteiger partial charge on any atom is 0.310 e. The highest BCUT2D eigenvalue weighted by Gasteiger charge is 2.09. The summed E-state index contributed by atoms with van der Waals surface area (Å²) in [4.78, 5) is 23.3. The van der Waals surface area contributed by atoms with Gasteiger partial charge in [0, 0.05) is 6.54 Å². The first-order valence-corrected chi connectivity index (χ1v) is 7.26. The highest BCUT2D eigenvalue weighted by atomic mass is 19.1. The van der Waals surface area contributed by atoms with E-state index in [-0.39, 0.29) is 18.9 Å². The van der Waals surface area contributed by atoms with Gasteiger partial charge in [0.1, 0.15) is 5.82 Å². The van der Waals surface area contributed by atoms with Crippen molar-refractivity contribution in [3.05, 3.63) is 71.0 Å². The van der Waals surface area contributed by atoms with Crippen molar-refractivity contribution >= 4 is 11.9 Å². The number of amides is 1. The first-order valence-electron chi connectivity index (χ1n) is 7.26. The predicted octanol–water partition coefficient (Wildman–Crippen LogP) is 2.54. The first-order chi connectivity index (χ1) is 11.0. The lowest BCUT2D eigenvalue weighted by Crippen LogP contribution is -2.28. The van der Waals surface area contributed by atoms with Gasteiger partial charge >= 0.3 is 5.97 Å². The second-order valence-corrected chi connectivity index (χ2v) is 5.17. The molecule has 0 heterocycles. The summed E-state index contributed by atoms with van der Waals surface area (Å²) in [6.07, 6.45) is -0.0666. The summed E-state index contributed by atoms with van der Waals surface area (Å²) < 4.78 is 17.9. The normalized spacial score (nSPS) is 10.2. The number of hydrogen-bond acceptors (Lipinski definition) is 3. The van der Waals surface area contributed by atoms with Crippen LogP contribution in [0.4, 0.5) is 4.39 Å². The fraction of sp³-hybridized carbons (Fsp3) is 0.222. The molecule has 0 aliphatic heterocycles. The van der Waals surface area contributed by atoms with Crippen LogP contribution in [0.5, 0.6) is 0 Å². The standard InChI is InChI=1S/C18H18FNO3/c1-13-5-2-3-7-15(13)11-20-17(21)12-23-18(22)10-14-6-4-8-16(19)9-14/h2-9H,10-12H2,1H3,(H,20,21). The van der Waals surface area contributed by atoms with Gasteiger partial charge in [0.15, 0.2) is 6.61 Å².